The Hall–Kier alpha value is -1.58. The second-order valence-electron chi connectivity index (χ2n) is 5.04. The monoisotopic (exact) mass is 273 g/mol. The molecule has 0 fully saturated rings. The molecule has 3 nitrogen and oxygen atoms in total. The number of hydrogen-bond donors (Lipinski definition) is 1. The highest BCUT2D eigenvalue weighted by molar-refractivity contribution is 5.91. The number of methoxy groups -OCH3 is 2. The van der Waals surface area contributed by atoms with Gasteiger partial charge in [-0.1, -0.05) is 30.3 Å². The molecule has 0 aromatic heterocycles. The maximum Gasteiger partial charge on any atom is 0.126 e. The van der Waals surface area contributed by atoms with Crippen LogP contribution in [-0.2, 0) is 11.3 Å². The van der Waals surface area contributed by atoms with Crippen LogP contribution >= 0.6 is 0 Å². The van der Waals surface area contributed by atoms with Gasteiger partial charge in [-0.2, -0.15) is 0 Å². The van der Waals surface area contributed by atoms with Gasteiger partial charge in [-0.25, -0.2) is 0 Å². The van der Waals surface area contributed by atoms with Crippen LogP contribution in [0.2, 0.25) is 0 Å². The van der Waals surface area contributed by atoms with Crippen LogP contribution < -0.4 is 10.1 Å². The lowest BCUT2D eigenvalue weighted by Gasteiger charge is -2.15. The molecule has 3 heteroatoms. The Morgan fingerprint density at radius 3 is 2.50 bits per heavy atom. The zero-order valence-electron chi connectivity index (χ0n) is 12.5. The van der Waals surface area contributed by atoms with Gasteiger partial charge in [-0.05, 0) is 30.4 Å². The summed E-state index contributed by atoms with van der Waals surface area (Å²) in [5.74, 6) is 0.928. The topological polar surface area (TPSA) is 30.5 Å². The predicted molar refractivity (Wildman–Crippen MR) is 83.3 cm³/mol. The quantitative estimate of drug-likeness (QED) is 0.839. The van der Waals surface area contributed by atoms with Crippen molar-refractivity contribution in [3.05, 3.63) is 42.0 Å². The Morgan fingerprint density at radius 1 is 1.05 bits per heavy atom. The molecule has 0 saturated carbocycles. The largest absolute Gasteiger partial charge is 0.496 e. The summed E-state index contributed by atoms with van der Waals surface area (Å²) in [6.45, 7) is 3.83. The molecule has 0 saturated heterocycles. The molecule has 0 spiro atoms. The first-order valence-electron chi connectivity index (χ1n) is 7.03. The lowest BCUT2D eigenvalue weighted by molar-refractivity contribution is 0.184. The average Bonchev–Trinajstić information content (AvgIpc) is 2.50. The van der Waals surface area contributed by atoms with Crippen molar-refractivity contribution in [2.45, 2.75) is 25.9 Å². The molecule has 108 valence electrons. The third-order valence-corrected chi connectivity index (χ3v) is 3.59. The van der Waals surface area contributed by atoms with E-state index >= 15 is 0 Å². The lowest BCUT2D eigenvalue weighted by Crippen LogP contribution is -2.26. The highest BCUT2D eigenvalue weighted by Crippen LogP contribution is 2.28. The molecule has 0 aliphatic rings. The Bertz CT molecular complexity index is 554. The van der Waals surface area contributed by atoms with E-state index in [9.17, 15) is 0 Å². The van der Waals surface area contributed by atoms with Crippen molar-refractivity contribution < 1.29 is 9.47 Å². The fourth-order valence-electron chi connectivity index (χ4n) is 2.35. The number of benzene rings is 2. The molecular weight excluding hydrogens is 250 g/mol. The predicted octanol–water partition coefficient (Wildman–Crippen LogP) is 3.36. The lowest BCUT2D eigenvalue weighted by atomic mass is 10.0. The van der Waals surface area contributed by atoms with E-state index in [0.29, 0.717) is 6.04 Å². The second-order valence-corrected chi connectivity index (χ2v) is 5.04. The molecule has 1 N–H and O–H groups in total. The van der Waals surface area contributed by atoms with E-state index in [2.05, 4.69) is 36.5 Å². The summed E-state index contributed by atoms with van der Waals surface area (Å²) < 4.78 is 10.5. The molecule has 20 heavy (non-hydrogen) atoms. The summed E-state index contributed by atoms with van der Waals surface area (Å²) >= 11 is 0. The zero-order valence-corrected chi connectivity index (χ0v) is 12.5. The molecule has 2 rings (SSSR count). The van der Waals surface area contributed by atoms with Crippen LogP contribution in [0.4, 0.5) is 0 Å². The molecule has 2 aromatic carbocycles. The molecule has 1 atom stereocenters. The van der Waals surface area contributed by atoms with Gasteiger partial charge in [0, 0.05) is 31.7 Å². The minimum Gasteiger partial charge on any atom is -0.496 e. The standard InChI is InChI=1S/C17H23NO2/c1-13(10-11-19-2)18-12-14-8-9-17(20-3)16-7-5-4-6-15(14)16/h4-9,13,18H,10-12H2,1-3H3. The van der Waals surface area contributed by atoms with Crippen molar-refractivity contribution in [3.8, 4) is 5.75 Å². The maximum absolute atomic E-state index is 5.42. The van der Waals surface area contributed by atoms with E-state index in [1.807, 2.05) is 12.1 Å². The highest BCUT2D eigenvalue weighted by atomic mass is 16.5. The summed E-state index contributed by atoms with van der Waals surface area (Å²) in [5.41, 5.74) is 1.30. The SMILES string of the molecule is COCCC(C)NCc1ccc(OC)c2ccccc12. The Kier molecular flexibility index (Phi) is 5.39. The summed E-state index contributed by atoms with van der Waals surface area (Å²) in [4.78, 5) is 0. The third-order valence-electron chi connectivity index (χ3n) is 3.59. The van der Waals surface area contributed by atoms with E-state index in [1.54, 1.807) is 14.2 Å². The van der Waals surface area contributed by atoms with Gasteiger partial charge in [0.25, 0.3) is 0 Å². The zero-order chi connectivity index (χ0) is 14.4. The van der Waals surface area contributed by atoms with Crippen LogP contribution in [0, 0.1) is 0 Å². The van der Waals surface area contributed by atoms with Crippen molar-refractivity contribution in [2.75, 3.05) is 20.8 Å². The minimum atomic E-state index is 0.441. The van der Waals surface area contributed by atoms with Gasteiger partial charge in [-0.3, -0.25) is 0 Å². The summed E-state index contributed by atoms with van der Waals surface area (Å²) in [5, 5.41) is 5.96. The van der Waals surface area contributed by atoms with E-state index in [4.69, 9.17) is 9.47 Å². The molecule has 0 aliphatic heterocycles. The fraction of sp³-hybridized carbons (Fsp3) is 0.412. The normalized spacial score (nSPS) is 12.6. The Labute approximate surface area is 120 Å². The third kappa shape index (κ3) is 3.50. The van der Waals surface area contributed by atoms with Crippen LogP contribution in [0.5, 0.6) is 5.75 Å². The van der Waals surface area contributed by atoms with Gasteiger partial charge < -0.3 is 14.8 Å². The van der Waals surface area contributed by atoms with E-state index in [1.165, 1.54) is 16.3 Å². The smallest absolute Gasteiger partial charge is 0.126 e. The van der Waals surface area contributed by atoms with Gasteiger partial charge in [0.1, 0.15) is 5.75 Å². The second kappa shape index (κ2) is 7.27. The van der Waals surface area contributed by atoms with Crippen LogP contribution in [0.3, 0.4) is 0 Å². The number of hydrogen-bond acceptors (Lipinski definition) is 3. The van der Waals surface area contributed by atoms with Crippen LogP contribution in [0.25, 0.3) is 10.8 Å². The number of rotatable bonds is 7. The number of nitrogens with one attached hydrogen (secondary N) is 1. The van der Waals surface area contributed by atoms with Crippen molar-refractivity contribution in [2.24, 2.45) is 0 Å². The molecule has 0 amide bonds. The van der Waals surface area contributed by atoms with Gasteiger partial charge >= 0.3 is 0 Å². The molecule has 0 aliphatic carbocycles. The minimum absolute atomic E-state index is 0.441. The molecule has 0 heterocycles. The summed E-state index contributed by atoms with van der Waals surface area (Å²) in [7, 11) is 3.45. The van der Waals surface area contributed by atoms with E-state index < -0.39 is 0 Å². The van der Waals surface area contributed by atoms with Crippen molar-refractivity contribution in [1.29, 1.82) is 0 Å². The summed E-state index contributed by atoms with van der Waals surface area (Å²) in [6.07, 6.45) is 1.02. The van der Waals surface area contributed by atoms with Gasteiger partial charge in [0.15, 0.2) is 0 Å². The van der Waals surface area contributed by atoms with E-state index in [0.717, 1.165) is 25.3 Å². The molecule has 1 unspecified atom stereocenters. The molecular formula is C17H23NO2. The molecule has 2 aromatic rings. The molecule has 0 radical (unpaired) electrons. The summed E-state index contributed by atoms with van der Waals surface area (Å²) in [6, 6.07) is 13.0. The highest BCUT2D eigenvalue weighted by Gasteiger charge is 2.07. The van der Waals surface area contributed by atoms with Gasteiger partial charge in [0.2, 0.25) is 0 Å². The van der Waals surface area contributed by atoms with Crippen molar-refractivity contribution >= 4 is 10.8 Å². The maximum atomic E-state index is 5.42. The average molecular weight is 273 g/mol. The van der Waals surface area contributed by atoms with Gasteiger partial charge in [0.05, 0.1) is 7.11 Å². The first-order valence-corrected chi connectivity index (χ1v) is 7.03. The Balaban J connectivity index is 2.14. The van der Waals surface area contributed by atoms with Crippen LogP contribution in [-0.4, -0.2) is 26.9 Å². The van der Waals surface area contributed by atoms with E-state index in [-0.39, 0.29) is 0 Å². The number of ether oxygens (including phenoxy) is 2. The fourth-order valence-corrected chi connectivity index (χ4v) is 2.35. The van der Waals surface area contributed by atoms with Crippen LogP contribution in [0.1, 0.15) is 18.9 Å². The van der Waals surface area contributed by atoms with Crippen molar-refractivity contribution in [1.82, 2.24) is 5.32 Å². The first-order chi connectivity index (χ1) is 9.76. The number of fused-ring (bicyclic) bond motifs is 1. The van der Waals surface area contributed by atoms with Crippen molar-refractivity contribution in [3.63, 3.8) is 0 Å². The first kappa shape index (κ1) is 14.8. The van der Waals surface area contributed by atoms with Gasteiger partial charge in [-0.15, -0.1) is 0 Å². The molecule has 0 bridgehead atoms. The Morgan fingerprint density at radius 2 is 1.80 bits per heavy atom. The van der Waals surface area contributed by atoms with Crippen LogP contribution in [0.15, 0.2) is 36.4 Å².